The summed E-state index contributed by atoms with van der Waals surface area (Å²) < 4.78 is 18.2. The van der Waals surface area contributed by atoms with Crippen LogP contribution in [0.2, 0.25) is 0 Å². The van der Waals surface area contributed by atoms with Gasteiger partial charge in [0.05, 0.1) is 17.7 Å². The Morgan fingerprint density at radius 2 is 2.00 bits per heavy atom. The van der Waals surface area contributed by atoms with E-state index in [0.29, 0.717) is 12.2 Å². The van der Waals surface area contributed by atoms with Crippen LogP contribution in [0.25, 0.3) is 0 Å². The van der Waals surface area contributed by atoms with Crippen molar-refractivity contribution in [3.63, 3.8) is 0 Å². The van der Waals surface area contributed by atoms with E-state index in [9.17, 15) is 4.39 Å². The number of halogens is 1. The number of methoxy groups -OCH3 is 1. The molecule has 0 aliphatic rings. The van der Waals surface area contributed by atoms with Gasteiger partial charge in [-0.1, -0.05) is 18.2 Å². The normalized spacial score (nSPS) is 11.7. The fraction of sp³-hybridized carbons (Fsp3) is 0.278. The van der Waals surface area contributed by atoms with Gasteiger partial charge in [-0.3, -0.25) is 0 Å². The number of nitrogens with one attached hydrogen (secondary N) is 1. The van der Waals surface area contributed by atoms with Crippen molar-refractivity contribution >= 4 is 5.69 Å². The summed E-state index contributed by atoms with van der Waals surface area (Å²) in [4.78, 5) is 0. The number of ether oxygens (including phenoxy) is 1. The molecule has 22 heavy (non-hydrogen) atoms. The smallest absolute Gasteiger partial charge is 0.123 e. The van der Waals surface area contributed by atoms with E-state index < -0.39 is 0 Å². The molecule has 0 amide bonds. The molecular weight excluding hydrogens is 279 g/mol. The van der Waals surface area contributed by atoms with Crippen LogP contribution in [0.5, 0.6) is 0 Å². The van der Waals surface area contributed by atoms with E-state index >= 15 is 0 Å². The highest BCUT2D eigenvalue weighted by Gasteiger charge is 2.11. The Morgan fingerprint density at radius 3 is 2.68 bits per heavy atom. The van der Waals surface area contributed by atoms with Gasteiger partial charge >= 0.3 is 0 Å². The molecule has 2 aromatic carbocycles. The van der Waals surface area contributed by atoms with Crippen LogP contribution in [0.3, 0.4) is 0 Å². The minimum atomic E-state index is -0.245. The first-order chi connectivity index (χ1) is 10.7. The lowest BCUT2D eigenvalue weighted by Gasteiger charge is -2.20. The number of rotatable bonds is 7. The van der Waals surface area contributed by atoms with Crippen molar-refractivity contribution in [1.82, 2.24) is 0 Å². The SMILES string of the molecule is COCCCC(Nc1cccc(C#N)c1)c1ccc(F)cc1. The van der Waals surface area contributed by atoms with E-state index in [1.54, 1.807) is 25.3 Å². The van der Waals surface area contributed by atoms with Gasteiger partial charge in [0.15, 0.2) is 0 Å². The third-order valence-electron chi connectivity index (χ3n) is 3.45. The zero-order chi connectivity index (χ0) is 15.8. The average molecular weight is 298 g/mol. The maximum absolute atomic E-state index is 13.1. The lowest BCUT2D eigenvalue weighted by molar-refractivity contribution is 0.191. The minimum Gasteiger partial charge on any atom is -0.385 e. The van der Waals surface area contributed by atoms with E-state index in [2.05, 4.69) is 11.4 Å². The fourth-order valence-electron chi connectivity index (χ4n) is 2.33. The van der Waals surface area contributed by atoms with Crippen LogP contribution in [0.4, 0.5) is 10.1 Å². The first-order valence-corrected chi connectivity index (χ1v) is 7.24. The lowest BCUT2D eigenvalue weighted by Crippen LogP contribution is -2.12. The van der Waals surface area contributed by atoms with Crippen molar-refractivity contribution in [2.45, 2.75) is 18.9 Å². The molecule has 2 rings (SSSR count). The number of benzene rings is 2. The molecule has 4 heteroatoms. The monoisotopic (exact) mass is 298 g/mol. The summed E-state index contributed by atoms with van der Waals surface area (Å²) in [7, 11) is 1.68. The van der Waals surface area contributed by atoms with Crippen molar-refractivity contribution < 1.29 is 9.13 Å². The maximum Gasteiger partial charge on any atom is 0.123 e. The Balaban J connectivity index is 2.16. The van der Waals surface area contributed by atoms with E-state index in [-0.39, 0.29) is 11.9 Å². The average Bonchev–Trinajstić information content (AvgIpc) is 2.55. The van der Waals surface area contributed by atoms with Crippen LogP contribution in [-0.2, 0) is 4.74 Å². The molecule has 0 heterocycles. The molecule has 0 radical (unpaired) electrons. The highest BCUT2D eigenvalue weighted by Crippen LogP contribution is 2.24. The van der Waals surface area contributed by atoms with Crippen molar-refractivity contribution in [2.24, 2.45) is 0 Å². The molecule has 3 nitrogen and oxygen atoms in total. The fourth-order valence-corrected chi connectivity index (χ4v) is 2.33. The van der Waals surface area contributed by atoms with Gasteiger partial charge in [-0.25, -0.2) is 4.39 Å². The van der Waals surface area contributed by atoms with Crippen LogP contribution < -0.4 is 5.32 Å². The van der Waals surface area contributed by atoms with Gasteiger partial charge in [-0.2, -0.15) is 5.26 Å². The van der Waals surface area contributed by atoms with Gasteiger partial charge in [0.1, 0.15) is 5.82 Å². The van der Waals surface area contributed by atoms with Crippen molar-refractivity contribution in [3.8, 4) is 6.07 Å². The second-order valence-electron chi connectivity index (χ2n) is 5.08. The summed E-state index contributed by atoms with van der Waals surface area (Å²) in [6, 6.07) is 16.0. The Morgan fingerprint density at radius 1 is 1.23 bits per heavy atom. The molecule has 0 fully saturated rings. The van der Waals surface area contributed by atoms with Crippen molar-refractivity contribution in [1.29, 1.82) is 5.26 Å². The topological polar surface area (TPSA) is 45.0 Å². The molecule has 114 valence electrons. The van der Waals surface area contributed by atoms with Crippen LogP contribution in [0, 0.1) is 17.1 Å². The Bertz CT molecular complexity index is 634. The first kappa shape index (κ1) is 16.0. The van der Waals surface area contributed by atoms with Crippen molar-refractivity contribution in [2.75, 3.05) is 19.0 Å². The molecule has 1 unspecified atom stereocenters. The molecule has 0 spiro atoms. The Hall–Kier alpha value is -2.38. The van der Waals surface area contributed by atoms with Gasteiger partial charge in [-0.05, 0) is 48.7 Å². The van der Waals surface area contributed by atoms with Gasteiger partial charge in [-0.15, -0.1) is 0 Å². The minimum absolute atomic E-state index is 0.0460. The highest BCUT2D eigenvalue weighted by atomic mass is 19.1. The second kappa shape index (κ2) is 8.16. The maximum atomic E-state index is 13.1. The number of hydrogen-bond donors (Lipinski definition) is 1. The van der Waals surface area contributed by atoms with Gasteiger partial charge in [0.25, 0.3) is 0 Å². The molecule has 2 aromatic rings. The molecule has 1 atom stereocenters. The molecule has 0 aromatic heterocycles. The third kappa shape index (κ3) is 4.57. The summed E-state index contributed by atoms with van der Waals surface area (Å²) in [6.07, 6.45) is 1.75. The third-order valence-corrected chi connectivity index (χ3v) is 3.45. The summed E-state index contributed by atoms with van der Waals surface area (Å²) in [5.74, 6) is -0.245. The molecule has 0 aliphatic carbocycles. The summed E-state index contributed by atoms with van der Waals surface area (Å²) in [6.45, 7) is 0.678. The van der Waals surface area contributed by atoms with Gasteiger partial charge in [0, 0.05) is 19.4 Å². The van der Waals surface area contributed by atoms with Crippen LogP contribution >= 0.6 is 0 Å². The predicted octanol–water partition coefficient (Wildman–Crippen LogP) is 4.28. The van der Waals surface area contributed by atoms with E-state index in [1.165, 1.54) is 12.1 Å². The summed E-state index contributed by atoms with van der Waals surface area (Å²) in [5.41, 5.74) is 2.51. The quantitative estimate of drug-likeness (QED) is 0.776. The molecule has 0 bridgehead atoms. The lowest BCUT2D eigenvalue weighted by atomic mass is 10.0. The van der Waals surface area contributed by atoms with Gasteiger partial charge in [0.2, 0.25) is 0 Å². The molecule has 0 aliphatic heterocycles. The van der Waals surface area contributed by atoms with Crippen LogP contribution in [-0.4, -0.2) is 13.7 Å². The Labute approximate surface area is 130 Å². The molecular formula is C18H19FN2O. The van der Waals surface area contributed by atoms with Crippen LogP contribution in [0.15, 0.2) is 48.5 Å². The largest absolute Gasteiger partial charge is 0.385 e. The van der Waals surface area contributed by atoms with E-state index in [1.807, 2.05) is 18.2 Å². The van der Waals surface area contributed by atoms with Gasteiger partial charge < -0.3 is 10.1 Å². The number of anilines is 1. The summed E-state index contributed by atoms with van der Waals surface area (Å²) in [5, 5.41) is 12.4. The second-order valence-corrected chi connectivity index (χ2v) is 5.08. The summed E-state index contributed by atoms with van der Waals surface area (Å²) >= 11 is 0. The predicted molar refractivity (Wildman–Crippen MR) is 85.0 cm³/mol. The highest BCUT2D eigenvalue weighted by molar-refractivity contribution is 5.50. The number of hydrogen-bond acceptors (Lipinski definition) is 3. The molecule has 0 saturated carbocycles. The van der Waals surface area contributed by atoms with E-state index in [0.717, 1.165) is 24.1 Å². The molecule has 1 N–H and O–H groups in total. The first-order valence-electron chi connectivity index (χ1n) is 7.24. The zero-order valence-corrected chi connectivity index (χ0v) is 12.6. The van der Waals surface area contributed by atoms with Crippen LogP contribution in [0.1, 0.15) is 30.0 Å². The number of nitriles is 1. The molecule has 0 saturated heterocycles. The van der Waals surface area contributed by atoms with E-state index in [4.69, 9.17) is 10.00 Å². The van der Waals surface area contributed by atoms with Crippen molar-refractivity contribution in [3.05, 3.63) is 65.5 Å². The Kier molecular flexibility index (Phi) is 5.93. The number of nitrogens with zero attached hydrogens (tertiary/aromatic N) is 1. The standard InChI is InChI=1S/C18H19FN2O/c1-22-11-3-6-18(15-7-9-16(19)10-8-15)21-17-5-2-4-14(12-17)13-20/h2,4-5,7-10,12,18,21H,3,6,11H2,1H3. The zero-order valence-electron chi connectivity index (χ0n) is 12.6.